The fourth-order valence-corrected chi connectivity index (χ4v) is 2.24. The molecule has 0 radical (unpaired) electrons. The topological polar surface area (TPSA) is 86.9 Å². The highest BCUT2D eigenvalue weighted by atomic mass is 79.9. The van der Waals surface area contributed by atoms with Crippen molar-refractivity contribution in [3.63, 3.8) is 0 Å². The summed E-state index contributed by atoms with van der Waals surface area (Å²) >= 11 is 3.31. The van der Waals surface area contributed by atoms with Gasteiger partial charge in [0, 0.05) is 12.4 Å². The average molecular weight is 322 g/mol. The van der Waals surface area contributed by atoms with Gasteiger partial charge in [-0.05, 0) is 27.9 Å². The maximum atomic E-state index is 5.59. The average Bonchev–Trinajstić information content (AvgIpc) is 2.92. The summed E-state index contributed by atoms with van der Waals surface area (Å²) in [6.45, 7) is 4.19. The molecule has 3 rings (SSSR count). The number of anilines is 1. The highest BCUT2D eigenvalue weighted by Crippen LogP contribution is 2.21. The molecule has 3 aromatic heterocycles. The predicted octanol–water partition coefficient (Wildman–Crippen LogP) is 1.78. The minimum absolute atomic E-state index is 0.194. The zero-order valence-electron chi connectivity index (χ0n) is 10.4. The first-order valence-corrected chi connectivity index (χ1v) is 6.58. The molecule has 98 valence electrons. The van der Waals surface area contributed by atoms with Gasteiger partial charge in [-0.25, -0.2) is 9.50 Å². The molecule has 3 heterocycles. The third-order valence-corrected chi connectivity index (χ3v) is 3.28. The second-order valence-corrected chi connectivity index (χ2v) is 5.16. The molecule has 0 amide bonds. The molecule has 7 nitrogen and oxygen atoms in total. The Kier molecular flexibility index (Phi) is 2.74. The Morgan fingerprint density at radius 2 is 2.11 bits per heavy atom. The maximum Gasteiger partial charge on any atom is 0.240 e. The summed E-state index contributed by atoms with van der Waals surface area (Å²) in [5, 5.41) is 8.62. The molecular formula is C11H12BrN7. The number of nitrogens with two attached hydrogens (primary N) is 1. The minimum atomic E-state index is 0.194. The Morgan fingerprint density at radius 1 is 1.32 bits per heavy atom. The molecule has 3 aromatic rings. The summed E-state index contributed by atoms with van der Waals surface area (Å²) < 4.78 is 3.84. The monoisotopic (exact) mass is 321 g/mol. The van der Waals surface area contributed by atoms with Crippen LogP contribution in [-0.2, 0) is 0 Å². The van der Waals surface area contributed by atoms with Gasteiger partial charge in [0.2, 0.25) is 10.7 Å². The van der Waals surface area contributed by atoms with Crippen LogP contribution in [0.15, 0.2) is 23.2 Å². The van der Waals surface area contributed by atoms with E-state index in [0.29, 0.717) is 16.5 Å². The number of halogens is 1. The largest absolute Gasteiger partial charge is 0.366 e. The van der Waals surface area contributed by atoms with Gasteiger partial charge in [-0.3, -0.25) is 0 Å². The van der Waals surface area contributed by atoms with Crippen LogP contribution in [0.25, 0.3) is 11.3 Å². The molecule has 0 bridgehead atoms. The van der Waals surface area contributed by atoms with Crippen molar-refractivity contribution in [2.75, 3.05) is 5.73 Å². The SMILES string of the molecule is CC(C)c1cc2c(-n3nc(N)nc3Br)nccn2n1. The molecule has 0 saturated heterocycles. The fourth-order valence-electron chi connectivity index (χ4n) is 1.82. The van der Waals surface area contributed by atoms with E-state index in [1.54, 1.807) is 21.6 Å². The Labute approximate surface area is 117 Å². The molecule has 8 heteroatoms. The van der Waals surface area contributed by atoms with Crippen LogP contribution in [0.4, 0.5) is 5.95 Å². The van der Waals surface area contributed by atoms with Crippen LogP contribution in [0.3, 0.4) is 0 Å². The van der Waals surface area contributed by atoms with Crippen LogP contribution in [0, 0.1) is 0 Å². The van der Waals surface area contributed by atoms with Gasteiger partial charge in [0.1, 0.15) is 5.52 Å². The molecule has 0 aliphatic carbocycles. The van der Waals surface area contributed by atoms with Gasteiger partial charge in [-0.15, -0.1) is 5.10 Å². The van der Waals surface area contributed by atoms with E-state index < -0.39 is 0 Å². The Bertz CT molecular complexity index is 743. The molecule has 0 aliphatic rings. The molecule has 0 aromatic carbocycles. The van der Waals surface area contributed by atoms with Crippen LogP contribution in [0.5, 0.6) is 0 Å². The van der Waals surface area contributed by atoms with Gasteiger partial charge in [0.15, 0.2) is 5.82 Å². The van der Waals surface area contributed by atoms with E-state index in [2.05, 4.69) is 49.9 Å². The van der Waals surface area contributed by atoms with E-state index in [0.717, 1.165) is 11.2 Å². The van der Waals surface area contributed by atoms with Gasteiger partial charge in [0.25, 0.3) is 0 Å². The Hall–Kier alpha value is -1.96. The molecular weight excluding hydrogens is 310 g/mol. The first kappa shape index (κ1) is 12.1. The van der Waals surface area contributed by atoms with E-state index in [9.17, 15) is 0 Å². The van der Waals surface area contributed by atoms with Crippen molar-refractivity contribution < 1.29 is 0 Å². The smallest absolute Gasteiger partial charge is 0.240 e. The number of rotatable bonds is 2. The summed E-state index contributed by atoms with van der Waals surface area (Å²) in [5.74, 6) is 1.18. The number of nitrogens with zero attached hydrogens (tertiary/aromatic N) is 6. The van der Waals surface area contributed by atoms with Crippen molar-refractivity contribution in [1.29, 1.82) is 0 Å². The highest BCUT2D eigenvalue weighted by molar-refractivity contribution is 9.10. The lowest BCUT2D eigenvalue weighted by molar-refractivity contribution is 0.778. The first-order valence-electron chi connectivity index (χ1n) is 5.79. The predicted molar refractivity (Wildman–Crippen MR) is 74.1 cm³/mol. The number of aromatic nitrogens is 6. The van der Waals surface area contributed by atoms with Gasteiger partial charge in [0.05, 0.1) is 5.69 Å². The Balaban J connectivity index is 2.26. The lowest BCUT2D eigenvalue weighted by Crippen LogP contribution is -2.03. The van der Waals surface area contributed by atoms with Gasteiger partial charge < -0.3 is 5.73 Å². The highest BCUT2D eigenvalue weighted by Gasteiger charge is 2.14. The second-order valence-electron chi connectivity index (χ2n) is 4.46. The standard InChI is InChI=1S/C11H12BrN7/c1-6(2)7-5-8-9(14-3-4-18(8)16-7)19-10(12)15-11(13)17-19/h3-6H,1-2H3,(H2,13,17). The van der Waals surface area contributed by atoms with E-state index >= 15 is 0 Å². The maximum absolute atomic E-state index is 5.59. The normalized spacial score (nSPS) is 11.6. The van der Waals surface area contributed by atoms with E-state index in [-0.39, 0.29) is 5.95 Å². The van der Waals surface area contributed by atoms with Crippen molar-refractivity contribution in [2.45, 2.75) is 19.8 Å². The summed E-state index contributed by atoms with van der Waals surface area (Å²) in [4.78, 5) is 8.35. The van der Waals surface area contributed by atoms with E-state index in [1.807, 2.05) is 6.07 Å². The zero-order valence-corrected chi connectivity index (χ0v) is 12.0. The lowest BCUT2D eigenvalue weighted by atomic mass is 10.1. The van der Waals surface area contributed by atoms with Gasteiger partial charge in [-0.1, -0.05) is 13.8 Å². The third kappa shape index (κ3) is 1.97. The molecule has 0 saturated carbocycles. The van der Waals surface area contributed by atoms with Crippen molar-refractivity contribution in [3.05, 3.63) is 28.9 Å². The third-order valence-electron chi connectivity index (χ3n) is 2.76. The minimum Gasteiger partial charge on any atom is -0.366 e. The zero-order chi connectivity index (χ0) is 13.6. The lowest BCUT2D eigenvalue weighted by Gasteiger charge is -2.02. The molecule has 0 aliphatic heterocycles. The molecule has 0 fully saturated rings. The van der Waals surface area contributed by atoms with Gasteiger partial charge >= 0.3 is 0 Å². The van der Waals surface area contributed by atoms with Crippen LogP contribution in [0.2, 0.25) is 0 Å². The molecule has 0 spiro atoms. The van der Waals surface area contributed by atoms with Crippen molar-refractivity contribution >= 4 is 27.4 Å². The fraction of sp³-hybridized carbons (Fsp3) is 0.273. The van der Waals surface area contributed by atoms with Crippen LogP contribution < -0.4 is 5.73 Å². The summed E-state index contributed by atoms with van der Waals surface area (Å²) in [6.07, 6.45) is 3.47. The molecule has 0 unspecified atom stereocenters. The quantitative estimate of drug-likeness (QED) is 0.777. The van der Waals surface area contributed by atoms with Crippen molar-refractivity contribution in [1.82, 2.24) is 29.4 Å². The summed E-state index contributed by atoms with van der Waals surface area (Å²) in [7, 11) is 0. The van der Waals surface area contributed by atoms with Crippen LogP contribution in [0.1, 0.15) is 25.5 Å². The van der Waals surface area contributed by atoms with Gasteiger partial charge in [-0.2, -0.15) is 14.8 Å². The second kappa shape index (κ2) is 4.30. The number of fused-ring (bicyclic) bond motifs is 1. The van der Waals surface area contributed by atoms with Crippen LogP contribution >= 0.6 is 15.9 Å². The number of hydrogen-bond donors (Lipinski definition) is 1. The summed E-state index contributed by atoms with van der Waals surface area (Å²) in [6, 6.07) is 2.00. The number of nitrogen functional groups attached to an aromatic ring is 1. The molecule has 0 atom stereocenters. The van der Waals surface area contributed by atoms with Crippen LogP contribution in [-0.4, -0.2) is 29.4 Å². The summed E-state index contributed by atoms with van der Waals surface area (Å²) in [5.41, 5.74) is 7.45. The first-order chi connectivity index (χ1) is 9.06. The number of hydrogen-bond acceptors (Lipinski definition) is 5. The van der Waals surface area contributed by atoms with Crippen molar-refractivity contribution in [2.24, 2.45) is 0 Å². The van der Waals surface area contributed by atoms with Crippen molar-refractivity contribution in [3.8, 4) is 5.82 Å². The molecule has 2 N–H and O–H groups in total. The van der Waals surface area contributed by atoms with E-state index in [1.165, 1.54) is 0 Å². The molecule has 19 heavy (non-hydrogen) atoms. The van der Waals surface area contributed by atoms with E-state index in [4.69, 9.17) is 5.73 Å². The Morgan fingerprint density at radius 3 is 2.74 bits per heavy atom.